The van der Waals surface area contributed by atoms with Crippen molar-refractivity contribution < 1.29 is 19.8 Å². The molecule has 12 heteroatoms. The second-order valence-corrected chi connectivity index (χ2v) is 7.36. The number of carbonyl (C=O) groups excluding carboxylic acids is 2. The molecule has 0 heterocycles. The minimum absolute atomic E-state index is 0.0919. The Hall–Kier alpha value is -1.89. The van der Waals surface area contributed by atoms with Gasteiger partial charge in [0, 0.05) is 31.3 Å². The smallest absolute Gasteiger partial charge is 0.249 e. The van der Waals surface area contributed by atoms with Gasteiger partial charge in [0.15, 0.2) is 0 Å². The molecule has 0 aliphatic carbocycles. The first-order chi connectivity index (χ1) is 12.7. The van der Waals surface area contributed by atoms with Crippen molar-refractivity contribution in [1.82, 2.24) is 25.6 Å². The van der Waals surface area contributed by atoms with Crippen LogP contribution >= 0.6 is 11.9 Å². The summed E-state index contributed by atoms with van der Waals surface area (Å²) in [7, 11) is 1.41. The van der Waals surface area contributed by atoms with Gasteiger partial charge in [-0.3, -0.25) is 30.6 Å². The standard InChI is InChI=1S/C15H31N7O4S/c1-15(2,9-23)11(25)12(26)19-6-4-5-18-7-8-27-21-13(16)20-14(17)22(3)10-24/h10-11,18,23,25H,4-9H2,1-3H3,(H,19,26)(H4,16,17,20,21). The number of guanidine groups is 2. The van der Waals surface area contributed by atoms with Crippen molar-refractivity contribution in [3.63, 3.8) is 0 Å². The third kappa shape index (κ3) is 10.8. The van der Waals surface area contributed by atoms with Crippen LogP contribution in [0.25, 0.3) is 0 Å². The molecule has 0 fully saturated rings. The van der Waals surface area contributed by atoms with Crippen LogP contribution in [0.5, 0.6) is 0 Å². The van der Waals surface area contributed by atoms with E-state index in [1.807, 2.05) is 0 Å². The van der Waals surface area contributed by atoms with Gasteiger partial charge in [-0.2, -0.15) is 0 Å². The number of nitrogens with one attached hydrogen (secondary N) is 6. The lowest BCUT2D eigenvalue weighted by Gasteiger charge is -2.27. The second kappa shape index (κ2) is 13.3. The number of hydrogen-bond donors (Lipinski definition) is 8. The molecule has 156 valence electrons. The van der Waals surface area contributed by atoms with Gasteiger partial charge in [-0.15, -0.1) is 0 Å². The molecule has 0 radical (unpaired) electrons. The zero-order chi connectivity index (χ0) is 20.9. The predicted octanol–water partition coefficient (Wildman–Crippen LogP) is -1.75. The first-order valence-corrected chi connectivity index (χ1v) is 9.41. The molecule has 27 heavy (non-hydrogen) atoms. The van der Waals surface area contributed by atoms with E-state index in [4.69, 9.17) is 15.9 Å². The summed E-state index contributed by atoms with van der Waals surface area (Å²) in [4.78, 5) is 23.2. The molecule has 1 atom stereocenters. The maximum Gasteiger partial charge on any atom is 0.249 e. The van der Waals surface area contributed by atoms with Crippen LogP contribution in [0.2, 0.25) is 0 Å². The average molecular weight is 406 g/mol. The average Bonchev–Trinajstić information content (AvgIpc) is 2.64. The summed E-state index contributed by atoms with van der Waals surface area (Å²) in [5, 5.41) is 42.2. The molecule has 0 spiro atoms. The molecule has 0 aliphatic heterocycles. The molecule has 2 amide bonds. The molecule has 0 saturated carbocycles. The number of carbonyl (C=O) groups is 2. The third-order valence-corrected chi connectivity index (χ3v) is 4.29. The second-order valence-electron chi connectivity index (χ2n) is 6.46. The molecule has 0 aromatic rings. The first kappa shape index (κ1) is 25.1. The molecule has 8 N–H and O–H groups in total. The van der Waals surface area contributed by atoms with E-state index in [-0.39, 0.29) is 18.5 Å². The molecular weight excluding hydrogens is 374 g/mol. The Morgan fingerprint density at radius 2 is 1.96 bits per heavy atom. The first-order valence-electron chi connectivity index (χ1n) is 8.43. The Labute approximate surface area is 163 Å². The summed E-state index contributed by atoms with van der Waals surface area (Å²) in [6, 6.07) is 0. The Kier molecular flexibility index (Phi) is 12.4. The normalized spacial score (nSPS) is 12.0. The maximum atomic E-state index is 11.8. The van der Waals surface area contributed by atoms with Crippen LogP contribution in [-0.2, 0) is 9.59 Å². The van der Waals surface area contributed by atoms with Gasteiger partial charge in [0.2, 0.25) is 24.2 Å². The number of rotatable bonds is 12. The summed E-state index contributed by atoms with van der Waals surface area (Å²) in [6.07, 6.45) is -0.103. The Morgan fingerprint density at radius 1 is 1.30 bits per heavy atom. The van der Waals surface area contributed by atoms with Gasteiger partial charge in [-0.05, 0) is 24.9 Å². The SMILES string of the molecule is CN(C=O)C(=N)NC(=N)NSCCNCCCNC(=O)C(O)C(C)(C)CO. The van der Waals surface area contributed by atoms with Crippen molar-refractivity contribution in [3.05, 3.63) is 0 Å². The van der Waals surface area contributed by atoms with Crippen LogP contribution < -0.4 is 20.7 Å². The minimum Gasteiger partial charge on any atom is -0.396 e. The van der Waals surface area contributed by atoms with Gasteiger partial charge in [-0.25, -0.2) is 0 Å². The van der Waals surface area contributed by atoms with Crippen molar-refractivity contribution in [2.75, 3.05) is 39.0 Å². The Balaban J connectivity index is 3.65. The lowest BCUT2D eigenvalue weighted by molar-refractivity contribution is -0.137. The number of nitrogens with zero attached hydrogens (tertiary/aromatic N) is 1. The van der Waals surface area contributed by atoms with E-state index in [2.05, 4.69) is 20.7 Å². The van der Waals surface area contributed by atoms with Gasteiger partial charge in [0.25, 0.3) is 0 Å². The van der Waals surface area contributed by atoms with E-state index in [1.165, 1.54) is 19.0 Å². The molecule has 0 aromatic carbocycles. The molecule has 0 saturated heterocycles. The lowest BCUT2D eigenvalue weighted by Crippen LogP contribution is -2.46. The fraction of sp³-hybridized carbons (Fsp3) is 0.733. The van der Waals surface area contributed by atoms with Crippen molar-refractivity contribution in [1.29, 1.82) is 10.8 Å². The highest BCUT2D eigenvalue weighted by atomic mass is 32.2. The summed E-state index contributed by atoms with van der Waals surface area (Å²) in [6.45, 7) is 4.70. The summed E-state index contributed by atoms with van der Waals surface area (Å²) < 4.78 is 2.70. The Morgan fingerprint density at radius 3 is 2.56 bits per heavy atom. The minimum atomic E-state index is -1.25. The van der Waals surface area contributed by atoms with Crippen molar-refractivity contribution in [2.45, 2.75) is 26.4 Å². The number of hydrogen-bond acceptors (Lipinski definition) is 8. The van der Waals surface area contributed by atoms with Gasteiger partial charge in [0.1, 0.15) is 6.10 Å². The number of aliphatic hydroxyl groups is 2. The van der Waals surface area contributed by atoms with Crippen LogP contribution in [0, 0.1) is 16.2 Å². The highest BCUT2D eigenvalue weighted by Crippen LogP contribution is 2.19. The van der Waals surface area contributed by atoms with Crippen molar-refractivity contribution >= 4 is 36.2 Å². The van der Waals surface area contributed by atoms with Gasteiger partial charge in [0.05, 0.1) is 6.61 Å². The molecule has 0 rings (SSSR count). The number of amides is 2. The Bertz CT molecular complexity index is 505. The quantitative estimate of drug-likeness (QED) is 0.0620. The van der Waals surface area contributed by atoms with Crippen LogP contribution in [-0.4, -0.2) is 84.5 Å². The van der Waals surface area contributed by atoms with Crippen molar-refractivity contribution in [2.24, 2.45) is 5.41 Å². The molecule has 0 aromatic heterocycles. The van der Waals surface area contributed by atoms with E-state index in [0.717, 1.165) is 4.90 Å². The van der Waals surface area contributed by atoms with Crippen LogP contribution in [0.1, 0.15) is 20.3 Å². The number of aliphatic hydroxyl groups excluding tert-OH is 2. The van der Waals surface area contributed by atoms with E-state index >= 15 is 0 Å². The van der Waals surface area contributed by atoms with E-state index in [1.54, 1.807) is 13.8 Å². The highest BCUT2D eigenvalue weighted by molar-refractivity contribution is 7.97. The van der Waals surface area contributed by atoms with E-state index < -0.39 is 17.4 Å². The van der Waals surface area contributed by atoms with Gasteiger partial charge >= 0.3 is 0 Å². The van der Waals surface area contributed by atoms with Gasteiger partial charge in [-0.1, -0.05) is 13.8 Å². The predicted molar refractivity (Wildman–Crippen MR) is 105 cm³/mol. The molecule has 0 aliphatic rings. The van der Waals surface area contributed by atoms with Crippen LogP contribution in [0.15, 0.2) is 0 Å². The van der Waals surface area contributed by atoms with Crippen LogP contribution in [0.4, 0.5) is 0 Å². The molecular formula is C15H31N7O4S. The molecule has 11 nitrogen and oxygen atoms in total. The van der Waals surface area contributed by atoms with E-state index in [0.29, 0.717) is 38.2 Å². The highest BCUT2D eigenvalue weighted by Gasteiger charge is 2.32. The molecule has 1 unspecified atom stereocenters. The fourth-order valence-electron chi connectivity index (χ4n) is 1.62. The lowest BCUT2D eigenvalue weighted by atomic mass is 9.87. The van der Waals surface area contributed by atoms with Crippen molar-refractivity contribution in [3.8, 4) is 0 Å². The monoisotopic (exact) mass is 405 g/mol. The summed E-state index contributed by atoms with van der Waals surface area (Å²) >= 11 is 1.27. The third-order valence-electron chi connectivity index (χ3n) is 3.54. The summed E-state index contributed by atoms with van der Waals surface area (Å²) in [5.41, 5.74) is -0.879. The zero-order valence-corrected chi connectivity index (χ0v) is 16.8. The van der Waals surface area contributed by atoms with Gasteiger partial charge < -0.3 is 25.6 Å². The zero-order valence-electron chi connectivity index (χ0n) is 16.0. The topological polar surface area (TPSA) is 174 Å². The van der Waals surface area contributed by atoms with Crippen LogP contribution in [0.3, 0.4) is 0 Å². The molecule has 0 bridgehead atoms. The van der Waals surface area contributed by atoms with E-state index in [9.17, 15) is 14.7 Å². The fourth-order valence-corrected chi connectivity index (χ4v) is 2.16. The maximum absolute atomic E-state index is 11.8. The summed E-state index contributed by atoms with van der Waals surface area (Å²) in [5.74, 6) is -0.122. The largest absolute Gasteiger partial charge is 0.396 e.